The predicted octanol–water partition coefficient (Wildman–Crippen LogP) is 2.98. The average molecular weight is 239 g/mol. The first-order valence-corrected chi connectivity index (χ1v) is 5.44. The van der Waals surface area contributed by atoms with Crippen LogP contribution in [0.1, 0.15) is 15.2 Å². The summed E-state index contributed by atoms with van der Waals surface area (Å²) in [5.41, 5.74) is 0.948. The highest BCUT2D eigenvalue weighted by atomic mass is 35.5. The molecule has 5 heteroatoms. The number of thiophene rings is 1. The van der Waals surface area contributed by atoms with E-state index in [0.717, 1.165) is 9.75 Å². The maximum atomic E-state index is 10.9. The van der Waals surface area contributed by atoms with Gasteiger partial charge in [-0.25, -0.2) is 9.97 Å². The first-order valence-electron chi connectivity index (χ1n) is 4.25. The maximum Gasteiger partial charge on any atom is 0.155 e. The Labute approximate surface area is 95.8 Å². The van der Waals surface area contributed by atoms with Gasteiger partial charge in [0, 0.05) is 4.88 Å². The summed E-state index contributed by atoms with van der Waals surface area (Å²) in [4.78, 5) is 20.8. The fourth-order valence-electron chi connectivity index (χ4n) is 1.24. The van der Waals surface area contributed by atoms with Gasteiger partial charge in [0.15, 0.2) is 6.29 Å². The molecule has 0 atom stereocenters. The Morgan fingerprint density at radius 3 is 2.80 bits per heavy atom. The fourth-order valence-corrected chi connectivity index (χ4v) is 2.29. The number of hydrogen-bond acceptors (Lipinski definition) is 4. The van der Waals surface area contributed by atoms with E-state index >= 15 is 0 Å². The highest BCUT2D eigenvalue weighted by Gasteiger charge is 2.12. The van der Waals surface area contributed by atoms with Crippen molar-refractivity contribution in [1.29, 1.82) is 0 Å². The lowest BCUT2D eigenvalue weighted by molar-refractivity contribution is 0.112. The number of aryl methyl sites for hydroxylation is 1. The minimum absolute atomic E-state index is 0.195. The first-order chi connectivity index (χ1) is 7.22. The molecule has 3 nitrogen and oxygen atoms in total. The van der Waals surface area contributed by atoms with E-state index < -0.39 is 0 Å². The van der Waals surface area contributed by atoms with E-state index in [0.29, 0.717) is 17.5 Å². The number of hydrogen-bond donors (Lipinski definition) is 0. The molecule has 2 aromatic heterocycles. The van der Waals surface area contributed by atoms with Gasteiger partial charge < -0.3 is 0 Å². The number of nitrogens with zero attached hydrogens (tertiary/aromatic N) is 2. The Morgan fingerprint density at radius 2 is 2.20 bits per heavy atom. The molecular weight excluding hydrogens is 232 g/mol. The van der Waals surface area contributed by atoms with Crippen LogP contribution in [0.5, 0.6) is 0 Å². The highest BCUT2D eigenvalue weighted by Crippen LogP contribution is 2.29. The van der Waals surface area contributed by atoms with Gasteiger partial charge in [0.25, 0.3) is 0 Å². The Morgan fingerprint density at radius 1 is 1.40 bits per heavy atom. The molecule has 0 bridgehead atoms. The van der Waals surface area contributed by atoms with Gasteiger partial charge in [-0.1, -0.05) is 11.6 Å². The lowest BCUT2D eigenvalue weighted by atomic mass is 10.2. The molecule has 0 aliphatic carbocycles. The summed E-state index contributed by atoms with van der Waals surface area (Å²) in [7, 11) is 0. The van der Waals surface area contributed by atoms with Crippen LogP contribution in [0, 0.1) is 6.92 Å². The van der Waals surface area contributed by atoms with Crippen LogP contribution in [0.4, 0.5) is 0 Å². The normalized spacial score (nSPS) is 10.3. The average Bonchev–Trinajstić information content (AvgIpc) is 2.64. The third kappa shape index (κ3) is 1.91. The van der Waals surface area contributed by atoms with Crippen LogP contribution in [0.2, 0.25) is 5.15 Å². The molecule has 2 aromatic rings. The molecule has 0 N–H and O–H groups in total. The SMILES string of the molecule is Cc1ccc(-c2ncnc(Cl)c2C=O)s1. The number of aldehydes is 1. The van der Waals surface area contributed by atoms with Crippen molar-refractivity contribution < 1.29 is 4.79 Å². The lowest BCUT2D eigenvalue weighted by Gasteiger charge is -2.00. The molecular formula is C10H7ClN2OS. The third-order valence-electron chi connectivity index (χ3n) is 1.93. The number of aromatic nitrogens is 2. The molecule has 2 rings (SSSR count). The van der Waals surface area contributed by atoms with Gasteiger partial charge in [0.2, 0.25) is 0 Å². The zero-order chi connectivity index (χ0) is 10.8. The standard InChI is InChI=1S/C10H7ClN2OS/c1-6-2-3-8(15-6)9-7(4-14)10(11)13-5-12-9/h2-5H,1H3. The minimum Gasteiger partial charge on any atom is -0.298 e. The monoisotopic (exact) mass is 238 g/mol. The van der Waals surface area contributed by atoms with Crippen LogP contribution in [-0.2, 0) is 0 Å². The van der Waals surface area contributed by atoms with Crippen LogP contribution in [0.15, 0.2) is 18.5 Å². The smallest absolute Gasteiger partial charge is 0.155 e. The molecule has 0 saturated carbocycles. The maximum absolute atomic E-state index is 10.9. The molecule has 0 aliphatic rings. The lowest BCUT2D eigenvalue weighted by Crippen LogP contribution is -1.93. The highest BCUT2D eigenvalue weighted by molar-refractivity contribution is 7.15. The van der Waals surface area contributed by atoms with Crippen molar-refractivity contribution in [2.75, 3.05) is 0 Å². The molecule has 76 valence electrons. The van der Waals surface area contributed by atoms with Gasteiger partial charge in [-0.05, 0) is 19.1 Å². The van der Waals surface area contributed by atoms with Crippen molar-refractivity contribution in [3.8, 4) is 10.6 Å². The summed E-state index contributed by atoms with van der Waals surface area (Å²) in [6, 6.07) is 3.90. The van der Waals surface area contributed by atoms with E-state index in [1.807, 2.05) is 19.1 Å². The Balaban J connectivity index is 2.62. The molecule has 0 aliphatic heterocycles. The summed E-state index contributed by atoms with van der Waals surface area (Å²) in [6.45, 7) is 2.00. The van der Waals surface area contributed by atoms with Gasteiger partial charge in [-0.3, -0.25) is 4.79 Å². The van der Waals surface area contributed by atoms with E-state index in [-0.39, 0.29) is 5.15 Å². The number of halogens is 1. The molecule has 0 fully saturated rings. The second-order valence-electron chi connectivity index (χ2n) is 2.95. The Bertz CT molecular complexity index is 510. The molecule has 0 aromatic carbocycles. The van der Waals surface area contributed by atoms with Crippen molar-refractivity contribution in [3.63, 3.8) is 0 Å². The van der Waals surface area contributed by atoms with Crippen LogP contribution in [0.3, 0.4) is 0 Å². The summed E-state index contributed by atoms with van der Waals surface area (Å²) >= 11 is 7.38. The van der Waals surface area contributed by atoms with Crippen molar-refractivity contribution in [3.05, 3.63) is 34.1 Å². The quantitative estimate of drug-likeness (QED) is 0.597. The zero-order valence-electron chi connectivity index (χ0n) is 7.90. The largest absolute Gasteiger partial charge is 0.298 e. The zero-order valence-corrected chi connectivity index (χ0v) is 9.47. The van der Waals surface area contributed by atoms with Gasteiger partial charge in [0.1, 0.15) is 11.5 Å². The van der Waals surface area contributed by atoms with E-state index in [9.17, 15) is 4.79 Å². The first kappa shape index (κ1) is 10.3. The Hall–Kier alpha value is -1.26. The topological polar surface area (TPSA) is 42.9 Å². The molecule has 2 heterocycles. The Kier molecular flexibility index (Phi) is 2.79. The van der Waals surface area contributed by atoms with Crippen LogP contribution in [0.25, 0.3) is 10.6 Å². The summed E-state index contributed by atoms with van der Waals surface area (Å²) < 4.78 is 0. The van der Waals surface area contributed by atoms with Gasteiger partial charge >= 0.3 is 0 Å². The number of rotatable bonds is 2. The number of carbonyl (C=O) groups excluding carboxylic acids is 1. The van der Waals surface area contributed by atoms with E-state index in [1.165, 1.54) is 6.33 Å². The molecule has 0 saturated heterocycles. The summed E-state index contributed by atoms with van der Waals surface area (Å²) in [6.07, 6.45) is 2.05. The fraction of sp³-hybridized carbons (Fsp3) is 0.100. The molecule has 15 heavy (non-hydrogen) atoms. The van der Waals surface area contributed by atoms with Crippen molar-refractivity contribution >= 4 is 29.2 Å². The van der Waals surface area contributed by atoms with E-state index in [1.54, 1.807) is 11.3 Å². The van der Waals surface area contributed by atoms with E-state index in [2.05, 4.69) is 9.97 Å². The van der Waals surface area contributed by atoms with Crippen LogP contribution < -0.4 is 0 Å². The molecule has 0 spiro atoms. The molecule has 0 unspecified atom stereocenters. The van der Waals surface area contributed by atoms with Crippen molar-refractivity contribution in [1.82, 2.24) is 9.97 Å². The predicted molar refractivity (Wildman–Crippen MR) is 60.5 cm³/mol. The van der Waals surface area contributed by atoms with Crippen molar-refractivity contribution in [2.45, 2.75) is 6.92 Å². The summed E-state index contributed by atoms with van der Waals surface area (Å²) in [5, 5.41) is 0.195. The van der Waals surface area contributed by atoms with Gasteiger partial charge in [-0.2, -0.15) is 0 Å². The second kappa shape index (κ2) is 4.08. The number of carbonyl (C=O) groups is 1. The van der Waals surface area contributed by atoms with Gasteiger partial charge in [-0.15, -0.1) is 11.3 Å². The molecule has 0 amide bonds. The minimum atomic E-state index is 0.195. The summed E-state index contributed by atoms with van der Waals surface area (Å²) in [5.74, 6) is 0. The third-order valence-corrected chi connectivity index (χ3v) is 3.24. The van der Waals surface area contributed by atoms with Crippen LogP contribution >= 0.6 is 22.9 Å². The van der Waals surface area contributed by atoms with Crippen molar-refractivity contribution in [2.24, 2.45) is 0 Å². The second-order valence-corrected chi connectivity index (χ2v) is 4.60. The molecule has 0 radical (unpaired) electrons. The van der Waals surface area contributed by atoms with Gasteiger partial charge in [0.05, 0.1) is 16.1 Å². The van der Waals surface area contributed by atoms with E-state index in [4.69, 9.17) is 11.6 Å². The van der Waals surface area contributed by atoms with Crippen LogP contribution in [-0.4, -0.2) is 16.3 Å².